The number of amides is 2. The van der Waals surface area contributed by atoms with Gasteiger partial charge in [0.05, 0.1) is 5.25 Å². The van der Waals surface area contributed by atoms with Crippen LogP contribution in [0.5, 0.6) is 5.75 Å². The van der Waals surface area contributed by atoms with Crippen LogP contribution in [0.4, 0.5) is 23.2 Å². The van der Waals surface area contributed by atoms with E-state index in [4.69, 9.17) is 0 Å². The molecule has 0 aromatic heterocycles. The lowest BCUT2D eigenvalue weighted by Gasteiger charge is -2.28. The molecule has 2 amide bonds. The number of rotatable bonds is 5. The standard InChI is InChI=1S/C19H16F4N2O3S/c20-14-7-2-1-4-11(14)8-16-18(27)25-15(10-29-16)17(26)24-12-5-3-6-13(9-12)28-19(21,22)23/h1-7,9,15-16H,8,10H2,(H,24,26)(H,25,27)/t15-,16-/m1/s1. The highest BCUT2D eigenvalue weighted by molar-refractivity contribution is 8.00. The molecule has 2 atom stereocenters. The molecule has 0 saturated carbocycles. The van der Waals surface area contributed by atoms with Gasteiger partial charge in [-0.1, -0.05) is 24.3 Å². The van der Waals surface area contributed by atoms with Gasteiger partial charge in [0.25, 0.3) is 0 Å². The smallest absolute Gasteiger partial charge is 0.406 e. The van der Waals surface area contributed by atoms with Gasteiger partial charge >= 0.3 is 6.36 Å². The molecule has 0 aliphatic carbocycles. The first kappa shape index (κ1) is 21.0. The van der Waals surface area contributed by atoms with E-state index < -0.39 is 41.0 Å². The van der Waals surface area contributed by atoms with Gasteiger partial charge in [0.2, 0.25) is 11.8 Å². The summed E-state index contributed by atoms with van der Waals surface area (Å²) in [4.78, 5) is 24.7. The molecule has 1 aliphatic heterocycles. The van der Waals surface area contributed by atoms with Crippen molar-refractivity contribution in [1.82, 2.24) is 5.32 Å². The molecule has 154 valence electrons. The van der Waals surface area contributed by atoms with Crippen molar-refractivity contribution in [2.45, 2.75) is 24.1 Å². The van der Waals surface area contributed by atoms with Crippen molar-refractivity contribution in [3.8, 4) is 5.75 Å². The molecular formula is C19H16F4N2O3S. The Morgan fingerprint density at radius 2 is 1.97 bits per heavy atom. The molecule has 3 rings (SSSR count). The largest absolute Gasteiger partial charge is 0.573 e. The number of carbonyl (C=O) groups is 2. The number of benzene rings is 2. The number of hydrogen-bond acceptors (Lipinski definition) is 4. The molecule has 29 heavy (non-hydrogen) atoms. The fraction of sp³-hybridized carbons (Fsp3) is 0.263. The Hall–Kier alpha value is -2.75. The fourth-order valence-electron chi connectivity index (χ4n) is 2.75. The van der Waals surface area contributed by atoms with E-state index in [1.807, 2.05) is 0 Å². The van der Waals surface area contributed by atoms with Gasteiger partial charge in [0.1, 0.15) is 17.6 Å². The highest BCUT2D eigenvalue weighted by Crippen LogP contribution is 2.26. The lowest BCUT2D eigenvalue weighted by atomic mass is 10.1. The number of hydrogen-bond donors (Lipinski definition) is 2. The molecule has 2 aromatic rings. The number of thioether (sulfide) groups is 1. The average Bonchev–Trinajstić information content (AvgIpc) is 2.64. The SMILES string of the molecule is O=C(Nc1cccc(OC(F)(F)F)c1)[C@H]1CS[C@H](Cc2ccccc2F)C(=O)N1. The summed E-state index contributed by atoms with van der Waals surface area (Å²) in [6.07, 6.45) is -4.65. The van der Waals surface area contributed by atoms with Crippen LogP contribution in [-0.2, 0) is 16.0 Å². The fourth-order valence-corrected chi connectivity index (χ4v) is 3.93. The second-order valence-electron chi connectivity index (χ2n) is 6.24. The first-order valence-corrected chi connectivity index (χ1v) is 9.58. The molecule has 0 spiro atoms. The first-order valence-electron chi connectivity index (χ1n) is 8.53. The quantitative estimate of drug-likeness (QED) is 0.716. The topological polar surface area (TPSA) is 67.4 Å². The summed E-state index contributed by atoms with van der Waals surface area (Å²) in [5.74, 6) is -1.60. The Kier molecular flexibility index (Phi) is 6.31. The zero-order valence-electron chi connectivity index (χ0n) is 14.8. The Balaban J connectivity index is 1.58. The van der Waals surface area contributed by atoms with Crippen molar-refractivity contribution >= 4 is 29.3 Å². The van der Waals surface area contributed by atoms with E-state index in [1.54, 1.807) is 18.2 Å². The zero-order chi connectivity index (χ0) is 21.0. The van der Waals surface area contributed by atoms with Gasteiger partial charge in [0.15, 0.2) is 0 Å². The molecule has 0 radical (unpaired) electrons. The highest BCUT2D eigenvalue weighted by Gasteiger charge is 2.33. The van der Waals surface area contributed by atoms with E-state index in [0.717, 1.165) is 12.1 Å². The van der Waals surface area contributed by atoms with Crippen LogP contribution in [0.15, 0.2) is 48.5 Å². The number of ether oxygens (including phenoxy) is 1. The summed E-state index contributed by atoms with van der Waals surface area (Å²) < 4.78 is 54.5. The molecule has 1 saturated heterocycles. The Bertz CT molecular complexity index is 907. The lowest BCUT2D eigenvalue weighted by molar-refractivity contribution is -0.274. The lowest BCUT2D eigenvalue weighted by Crippen LogP contribution is -2.52. The van der Waals surface area contributed by atoms with E-state index in [0.29, 0.717) is 5.56 Å². The van der Waals surface area contributed by atoms with E-state index >= 15 is 0 Å². The number of nitrogens with one attached hydrogen (secondary N) is 2. The highest BCUT2D eigenvalue weighted by atomic mass is 32.2. The molecular weight excluding hydrogens is 412 g/mol. The van der Waals surface area contributed by atoms with Crippen LogP contribution in [0.25, 0.3) is 0 Å². The van der Waals surface area contributed by atoms with Crippen LogP contribution in [-0.4, -0.2) is 35.2 Å². The summed E-state index contributed by atoms with van der Waals surface area (Å²) in [6, 6.07) is 10.1. The molecule has 10 heteroatoms. The number of carbonyl (C=O) groups excluding carboxylic acids is 2. The Morgan fingerprint density at radius 3 is 2.66 bits per heavy atom. The van der Waals surface area contributed by atoms with Gasteiger partial charge in [-0.3, -0.25) is 9.59 Å². The summed E-state index contributed by atoms with van der Waals surface area (Å²) in [7, 11) is 0. The van der Waals surface area contributed by atoms with Crippen LogP contribution >= 0.6 is 11.8 Å². The third-order valence-corrected chi connectivity index (χ3v) is 5.40. The maximum absolute atomic E-state index is 13.8. The molecule has 1 heterocycles. The van der Waals surface area contributed by atoms with Crippen molar-refractivity contribution in [1.29, 1.82) is 0 Å². The normalized spacial score (nSPS) is 19.4. The predicted molar refractivity (Wildman–Crippen MR) is 100 cm³/mol. The first-order chi connectivity index (χ1) is 13.7. The summed E-state index contributed by atoms with van der Waals surface area (Å²) >= 11 is 1.22. The van der Waals surface area contributed by atoms with Crippen LogP contribution in [0.3, 0.4) is 0 Å². The summed E-state index contributed by atoms with van der Waals surface area (Å²) in [5, 5.41) is 4.49. The predicted octanol–water partition coefficient (Wildman–Crippen LogP) is 3.51. The van der Waals surface area contributed by atoms with Crippen molar-refractivity contribution in [3.05, 3.63) is 59.9 Å². The van der Waals surface area contributed by atoms with Crippen LogP contribution < -0.4 is 15.4 Å². The Labute approximate surface area is 167 Å². The second-order valence-corrected chi connectivity index (χ2v) is 7.48. The number of alkyl halides is 3. The van der Waals surface area contributed by atoms with E-state index in [-0.39, 0.29) is 17.9 Å². The third kappa shape index (κ3) is 5.86. The van der Waals surface area contributed by atoms with Crippen molar-refractivity contribution in [2.75, 3.05) is 11.1 Å². The van der Waals surface area contributed by atoms with E-state index in [9.17, 15) is 27.2 Å². The molecule has 2 aromatic carbocycles. The third-order valence-electron chi connectivity index (χ3n) is 4.09. The summed E-state index contributed by atoms with van der Waals surface area (Å²) in [5.41, 5.74) is 0.508. The van der Waals surface area contributed by atoms with E-state index in [2.05, 4.69) is 15.4 Å². The number of anilines is 1. The molecule has 0 bridgehead atoms. The van der Waals surface area contributed by atoms with Crippen LogP contribution in [0, 0.1) is 5.82 Å². The molecule has 2 N–H and O–H groups in total. The molecule has 1 aliphatic rings. The van der Waals surface area contributed by atoms with Gasteiger partial charge in [-0.2, -0.15) is 0 Å². The van der Waals surface area contributed by atoms with Gasteiger partial charge in [-0.15, -0.1) is 24.9 Å². The zero-order valence-corrected chi connectivity index (χ0v) is 15.6. The monoisotopic (exact) mass is 428 g/mol. The minimum atomic E-state index is -4.84. The van der Waals surface area contributed by atoms with Gasteiger partial charge in [-0.05, 0) is 30.2 Å². The maximum Gasteiger partial charge on any atom is 0.573 e. The van der Waals surface area contributed by atoms with Crippen LogP contribution in [0.1, 0.15) is 5.56 Å². The molecule has 1 fully saturated rings. The molecule has 5 nitrogen and oxygen atoms in total. The summed E-state index contributed by atoms with van der Waals surface area (Å²) in [6.45, 7) is 0. The van der Waals surface area contributed by atoms with Crippen LogP contribution in [0.2, 0.25) is 0 Å². The van der Waals surface area contributed by atoms with Crippen molar-refractivity contribution in [3.63, 3.8) is 0 Å². The second kappa shape index (κ2) is 8.73. The molecule has 0 unspecified atom stereocenters. The van der Waals surface area contributed by atoms with Gasteiger partial charge in [0, 0.05) is 17.5 Å². The van der Waals surface area contributed by atoms with Gasteiger partial charge in [-0.25, -0.2) is 4.39 Å². The number of halogens is 4. The van der Waals surface area contributed by atoms with Crippen molar-refractivity contribution < 1.29 is 31.9 Å². The minimum absolute atomic E-state index is 0.101. The van der Waals surface area contributed by atoms with E-state index in [1.165, 1.54) is 30.0 Å². The van der Waals surface area contributed by atoms with Crippen molar-refractivity contribution in [2.24, 2.45) is 0 Å². The average molecular weight is 428 g/mol. The minimum Gasteiger partial charge on any atom is -0.406 e. The van der Waals surface area contributed by atoms with Gasteiger partial charge < -0.3 is 15.4 Å². The Morgan fingerprint density at radius 1 is 1.21 bits per heavy atom. The maximum atomic E-state index is 13.8.